The summed E-state index contributed by atoms with van der Waals surface area (Å²) in [7, 11) is 2.10. The van der Waals surface area contributed by atoms with Crippen molar-refractivity contribution >= 4 is 0 Å². The van der Waals surface area contributed by atoms with Gasteiger partial charge < -0.3 is 10.2 Å². The minimum Gasteiger partial charge on any atom is -0.317 e. The summed E-state index contributed by atoms with van der Waals surface area (Å²) in [5, 5.41) is 3.43. The van der Waals surface area contributed by atoms with Gasteiger partial charge in [0, 0.05) is 18.6 Å². The Morgan fingerprint density at radius 2 is 1.94 bits per heavy atom. The Morgan fingerprint density at radius 3 is 2.50 bits per heavy atom. The van der Waals surface area contributed by atoms with Crippen molar-refractivity contribution in [2.24, 2.45) is 11.8 Å². The van der Waals surface area contributed by atoms with E-state index in [4.69, 9.17) is 0 Å². The maximum atomic E-state index is 3.43. The van der Waals surface area contributed by atoms with E-state index in [1.54, 1.807) is 0 Å². The molecule has 1 saturated heterocycles. The largest absolute Gasteiger partial charge is 0.317 e. The van der Waals surface area contributed by atoms with Crippen molar-refractivity contribution in [1.29, 1.82) is 0 Å². The van der Waals surface area contributed by atoms with Gasteiger partial charge in [-0.25, -0.2) is 0 Å². The van der Waals surface area contributed by atoms with Crippen LogP contribution in [0.15, 0.2) is 0 Å². The molecule has 0 bridgehead atoms. The number of hydrogen-bond acceptors (Lipinski definition) is 2. The van der Waals surface area contributed by atoms with E-state index in [1.165, 1.54) is 45.2 Å². The Balaban J connectivity index is 1.77. The van der Waals surface area contributed by atoms with Gasteiger partial charge in [0.15, 0.2) is 0 Å². The van der Waals surface area contributed by atoms with Crippen LogP contribution < -0.4 is 5.32 Å². The molecule has 4 unspecified atom stereocenters. The lowest BCUT2D eigenvalue weighted by Gasteiger charge is -2.39. The predicted molar refractivity (Wildman–Crippen MR) is 69.6 cm³/mol. The molecule has 1 aliphatic carbocycles. The summed E-state index contributed by atoms with van der Waals surface area (Å²) in [5.41, 5.74) is 0. The van der Waals surface area contributed by atoms with Crippen LogP contribution in [0, 0.1) is 11.8 Å². The molecule has 94 valence electrons. The van der Waals surface area contributed by atoms with Gasteiger partial charge in [0.1, 0.15) is 0 Å². The summed E-state index contributed by atoms with van der Waals surface area (Å²) in [6.45, 7) is 7.48. The molecule has 0 aromatic carbocycles. The first kappa shape index (κ1) is 12.4. The molecule has 2 rings (SSSR count). The third-order valence-electron chi connectivity index (χ3n) is 4.72. The van der Waals surface area contributed by atoms with E-state index >= 15 is 0 Å². The van der Waals surface area contributed by atoms with Crippen LogP contribution in [-0.2, 0) is 0 Å². The van der Waals surface area contributed by atoms with Crippen LogP contribution in [0.5, 0.6) is 0 Å². The number of nitrogens with one attached hydrogen (secondary N) is 1. The van der Waals surface area contributed by atoms with Gasteiger partial charge in [0.05, 0.1) is 0 Å². The first-order chi connectivity index (χ1) is 7.69. The highest BCUT2D eigenvalue weighted by atomic mass is 15.2. The Bertz CT molecular complexity index is 217. The Labute approximate surface area is 101 Å². The fourth-order valence-electron chi connectivity index (χ4n) is 3.58. The predicted octanol–water partition coefficient (Wildman–Crippen LogP) is 2.49. The first-order valence-corrected chi connectivity index (χ1v) is 7.10. The molecule has 1 heterocycles. The molecule has 1 saturated carbocycles. The number of nitrogens with zero attached hydrogens (tertiary/aromatic N) is 1. The monoisotopic (exact) mass is 224 g/mol. The smallest absolute Gasteiger partial charge is 0.00910 e. The van der Waals surface area contributed by atoms with Crippen LogP contribution in [0.2, 0.25) is 0 Å². The molecule has 2 nitrogen and oxygen atoms in total. The average Bonchev–Trinajstić information content (AvgIpc) is 2.67. The minimum absolute atomic E-state index is 0.758. The van der Waals surface area contributed by atoms with Gasteiger partial charge in [0.2, 0.25) is 0 Å². The molecular formula is C14H28N2. The molecule has 2 heteroatoms. The van der Waals surface area contributed by atoms with Crippen molar-refractivity contribution in [2.75, 3.05) is 20.1 Å². The van der Waals surface area contributed by atoms with E-state index in [2.05, 4.69) is 31.1 Å². The summed E-state index contributed by atoms with van der Waals surface area (Å²) in [6, 6.07) is 1.54. The number of hydrogen-bond donors (Lipinski definition) is 1. The van der Waals surface area contributed by atoms with E-state index in [0.717, 1.165) is 23.9 Å². The van der Waals surface area contributed by atoms with Crippen molar-refractivity contribution in [2.45, 2.75) is 58.0 Å². The van der Waals surface area contributed by atoms with Crippen LogP contribution in [0.1, 0.15) is 46.0 Å². The van der Waals surface area contributed by atoms with Crippen LogP contribution in [0.3, 0.4) is 0 Å². The molecule has 1 aliphatic heterocycles. The fraction of sp³-hybridized carbons (Fsp3) is 1.00. The lowest BCUT2D eigenvalue weighted by atomic mass is 9.96. The van der Waals surface area contributed by atoms with Crippen LogP contribution in [0.4, 0.5) is 0 Å². The maximum Gasteiger partial charge on any atom is 0.00910 e. The topological polar surface area (TPSA) is 15.3 Å². The summed E-state index contributed by atoms with van der Waals surface area (Å²) in [5.74, 6) is 1.97. The second-order valence-corrected chi connectivity index (χ2v) is 6.14. The second kappa shape index (κ2) is 5.50. The third kappa shape index (κ3) is 2.98. The summed E-state index contributed by atoms with van der Waals surface area (Å²) < 4.78 is 0. The second-order valence-electron chi connectivity index (χ2n) is 6.14. The van der Waals surface area contributed by atoms with E-state index in [1.807, 2.05) is 0 Å². The van der Waals surface area contributed by atoms with Crippen molar-refractivity contribution in [3.63, 3.8) is 0 Å². The summed E-state index contributed by atoms with van der Waals surface area (Å²) in [6.07, 6.45) is 7.08. The zero-order valence-electron chi connectivity index (χ0n) is 11.2. The van der Waals surface area contributed by atoms with Gasteiger partial charge in [-0.1, -0.05) is 13.3 Å². The highest BCUT2D eigenvalue weighted by Gasteiger charge is 2.28. The zero-order valence-corrected chi connectivity index (χ0v) is 11.2. The highest BCUT2D eigenvalue weighted by molar-refractivity contribution is 4.85. The quantitative estimate of drug-likeness (QED) is 0.792. The molecule has 4 atom stereocenters. The van der Waals surface area contributed by atoms with Crippen molar-refractivity contribution in [1.82, 2.24) is 10.2 Å². The van der Waals surface area contributed by atoms with Crippen LogP contribution >= 0.6 is 0 Å². The number of rotatable bonds is 3. The molecule has 0 radical (unpaired) electrons. The fourth-order valence-corrected chi connectivity index (χ4v) is 3.58. The van der Waals surface area contributed by atoms with Crippen molar-refractivity contribution in [3.05, 3.63) is 0 Å². The third-order valence-corrected chi connectivity index (χ3v) is 4.72. The Hall–Kier alpha value is -0.0800. The number of piperidine rings is 1. The van der Waals surface area contributed by atoms with E-state index in [-0.39, 0.29) is 0 Å². The SMILES string of the molecule is CNC1CCN(CC2CCC(C)C2)C(C)C1. The van der Waals surface area contributed by atoms with Gasteiger partial charge in [-0.2, -0.15) is 0 Å². The zero-order chi connectivity index (χ0) is 11.5. The number of likely N-dealkylation sites (tertiary alicyclic amines) is 1. The molecule has 16 heavy (non-hydrogen) atoms. The van der Waals surface area contributed by atoms with Gasteiger partial charge >= 0.3 is 0 Å². The lowest BCUT2D eigenvalue weighted by Crippen LogP contribution is -2.47. The molecule has 0 amide bonds. The van der Waals surface area contributed by atoms with Gasteiger partial charge in [-0.15, -0.1) is 0 Å². The van der Waals surface area contributed by atoms with Crippen LogP contribution in [-0.4, -0.2) is 37.1 Å². The van der Waals surface area contributed by atoms with Crippen molar-refractivity contribution < 1.29 is 0 Å². The summed E-state index contributed by atoms with van der Waals surface area (Å²) >= 11 is 0. The van der Waals surface area contributed by atoms with Crippen molar-refractivity contribution in [3.8, 4) is 0 Å². The van der Waals surface area contributed by atoms with Crippen LogP contribution in [0.25, 0.3) is 0 Å². The molecule has 2 aliphatic rings. The lowest BCUT2D eigenvalue weighted by molar-refractivity contribution is 0.118. The van der Waals surface area contributed by atoms with Gasteiger partial charge in [-0.05, 0) is 58.0 Å². The Kier molecular flexibility index (Phi) is 4.26. The summed E-state index contributed by atoms with van der Waals surface area (Å²) in [4.78, 5) is 2.73. The van der Waals surface area contributed by atoms with E-state index in [0.29, 0.717) is 0 Å². The average molecular weight is 224 g/mol. The molecule has 2 fully saturated rings. The standard InChI is InChI=1S/C14H28N2/c1-11-4-5-13(8-11)10-16-7-6-14(15-3)9-12(16)2/h11-15H,4-10H2,1-3H3. The van der Waals surface area contributed by atoms with E-state index in [9.17, 15) is 0 Å². The Morgan fingerprint density at radius 1 is 1.12 bits per heavy atom. The minimum atomic E-state index is 0.758. The molecular weight excluding hydrogens is 196 g/mol. The normalized spacial score (nSPS) is 41.4. The highest BCUT2D eigenvalue weighted by Crippen LogP contribution is 2.32. The van der Waals surface area contributed by atoms with Gasteiger partial charge in [0.25, 0.3) is 0 Å². The maximum absolute atomic E-state index is 3.43. The molecule has 0 spiro atoms. The molecule has 0 aromatic heterocycles. The first-order valence-electron chi connectivity index (χ1n) is 7.10. The van der Waals surface area contributed by atoms with Gasteiger partial charge in [-0.3, -0.25) is 0 Å². The van der Waals surface area contributed by atoms with E-state index < -0.39 is 0 Å². The molecule has 0 aromatic rings. The molecule has 1 N–H and O–H groups in total.